The van der Waals surface area contributed by atoms with E-state index in [1.807, 2.05) is 0 Å². The monoisotopic (exact) mass is 361 g/mol. The quantitative estimate of drug-likeness (QED) is 0.486. The summed E-state index contributed by atoms with van der Waals surface area (Å²) >= 11 is 0. The van der Waals surface area contributed by atoms with Gasteiger partial charge in [-0.05, 0) is 54.7 Å². The SMILES string of the molecule is CC(C)(C)CCC[P+](c1ccccc1)(c1ccccc1)c1ccccc1. The van der Waals surface area contributed by atoms with Crippen LogP contribution in [0.1, 0.15) is 33.6 Å². The Morgan fingerprint density at radius 2 is 0.923 bits per heavy atom. The van der Waals surface area contributed by atoms with E-state index in [9.17, 15) is 0 Å². The molecule has 0 amide bonds. The number of hydrogen-bond donors (Lipinski definition) is 0. The highest BCUT2D eigenvalue weighted by Gasteiger charge is 2.44. The zero-order valence-electron chi connectivity index (χ0n) is 16.2. The van der Waals surface area contributed by atoms with Crippen molar-refractivity contribution in [3.63, 3.8) is 0 Å². The Labute approximate surface area is 159 Å². The van der Waals surface area contributed by atoms with Crippen LogP contribution >= 0.6 is 7.26 Å². The summed E-state index contributed by atoms with van der Waals surface area (Å²) in [6.45, 7) is 7.04. The topological polar surface area (TPSA) is 0 Å². The van der Waals surface area contributed by atoms with Crippen molar-refractivity contribution in [2.75, 3.05) is 6.16 Å². The Bertz CT molecular complexity index is 689. The molecule has 3 aromatic rings. The van der Waals surface area contributed by atoms with E-state index < -0.39 is 7.26 Å². The van der Waals surface area contributed by atoms with Crippen molar-refractivity contribution in [1.82, 2.24) is 0 Å². The molecular weight excluding hydrogens is 331 g/mol. The normalized spacial score (nSPS) is 12.1. The summed E-state index contributed by atoms with van der Waals surface area (Å²) in [5.74, 6) is 0. The van der Waals surface area contributed by atoms with E-state index in [0.29, 0.717) is 5.41 Å². The maximum atomic E-state index is 2.35. The number of rotatable bonds is 6. The summed E-state index contributed by atoms with van der Waals surface area (Å²) in [6.07, 6.45) is 3.72. The predicted molar refractivity (Wildman–Crippen MR) is 119 cm³/mol. The molecule has 0 aliphatic carbocycles. The molecule has 3 aromatic carbocycles. The third-order valence-corrected chi connectivity index (χ3v) is 9.54. The van der Waals surface area contributed by atoms with Gasteiger partial charge in [0, 0.05) is 0 Å². The summed E-state index contributed by atoms with van der Waals surface area (Å²) < 4.78 is 0. The molecule has 0 bridgehead atoms. The lowest BCUT2D eigenvalue weighted by molar-refractivity contribution is 0.374. The van der Waals surface area contributed by atoms with Crippen LogP contribution in [0.3, 0.4) is 0 Å². The first-order chi connectivity index (χ1) is 12.5. The lowest BCUT2D eigenvalue weighted by atomic mass is 9.91. The van der Waals surface area contributed by atoms with Crippen molar-refractivity contribution in [2.45, 2.75) is 33.6 Å². The van der Waals surface area contributed by atoms with Gasteiger partial charge in [-0.25, -0.2) is 0 Å². The fourth-order valence-corrected chi connectivity index (χ4v) is 8.07. The lowest BCUT2D eigenvalue weighted by Crippen LogP contribution is -2.33. The van der Waals surface area contributed by atoms with E-state index >= 15 is 0 Å². The predicted octanol–water partition coefficient (Wildman–Crippen LogP) is 5.81. The fraction of sp³-hybridized carbons (Fsp3) is 0.280. The summed E-state index contributed by atoms with van der Waals surface area (Å²) in [4.78, 5) is 0. The standard InChI is InChI=1S/C25H30P/c1-25(2,3)20-13-21-26(22-14-7-4-8-15-22,23-16-9-5-10-17-23)24-18-11-6-12-19-24/h4-12,14-19H,13,20-21H2,1-3H3/q+1. The highest BCUT2D eigenvalue weighted by molar-refractivity contribution is 7.95. The van der Waals surface area contributed by atoms with Crippen LogP contribution in [0.5, 0.6) is 0 Å². The van der Waals surface area contributed by atoms with Gasteiger partial charge in [-0.15, -0.1) is 0 Å². The first-order valence-corrected chi connectivity index (χ1v) is 11.5. The van der Waals surface area contributed by atoms with E-state index in [4.69, 9.17) is 0 Å². The second-order valence-corrected chi connectivity index (χ2v) is 11.8. The average Bonchev–Trinajstić information content (AvgIpc) is 2.67. The van der Waals surface area contributed by atoms with Crippen LogP contribution in [0, 0.1) is 5.41 Å². The van der Waals surface area contributed by atoms with Crippen molar-refractivity contribution in [1.29, 1.82) is 0 Å². The van der Waals surface area contributed by atoms with Crippen LogP contribution < -0.4 is 15.9 Å². The van der Waals surface area contributed by atoms with Crippen molar-refractivity contribution in [3.05, 3.63) is 91.0 Å². The van der Waals surface area contributed by atoms with E-state index in [2.05, 4.69) is 112 Å². The summed E-state index contributed by atoms with van der Waals surface area (Å²) in [6, 6.07) is 33.6. The molecule has 0 unspecified atom stereocenters. The molecular formula is C25H30P+. The minimum absolute atomic E-state index is 0.375. The molecule has 1 heteroatoms. The Kier molecular flexibility index (Phi) is 5.94. The van der Waals surface area contributed by atoms with Gasteiger partial charge < -0.3 is 0 Å². The summed E-state index contributed by atoms with van der Waals surface area (Å²) in [5, 5.41) is 4.48. The van der Waals surface area contributed by atoms with Gasteiger partial charge in [-0.2, -0.15) is 0 Å². The van der Waals surface area contributed by atoms with E-state index in [-0.39, 0.29) is 0 Å². The highest BCUT2D eigenvalue weighted by atomic mass is 31.2. The molecule has 0 spiro atoms. The van der Waals surface area contributed by atoms with Crippen molar-refractivity contribution in [2.24, 2.45) is 5.41 Å². The summed E-state index contributed by atoms with van der Waals surface area (Å²) in [5.41, 5.74) is 0.375. The molecule has 0 saturated heterocycles. The van der Waals surface area contributed by atoms with Gasteiger partial charge in [-0.3, -0.25) is 0 Å². The first kappa shape index (κ1) is 18.9. The van der Waals surface area contributed by atoms with Gasteiger partial charge in [0.2, 0.25) is 0 Å². The van der Waals surface area contributed by atoms with Crippen LogP contribution in [0.4, 0.5) is 0 Å². The molecule has 0 aromatic heterocycles. The fourth-order valence-electron chi connectivity index (χ4n) is 3.73. The zero-order chi connectivity index (χ0) is 18.5. The molecule has 3 rings (SSSR count). The van der Waals surface area contributed by atoms with Gasteiger partial charge in [-0.1, -0.05) is 75.4 Å². The third-order valence-electron chi connectivity index (χ3n) is 5.01. The first-order valence-electron chi connectivity index (χ1n) is 9.57. The molecule has 0 N–H and O–H groups in total. The third kappa shape index (κ3) is 4.25. The smallest absolute Gasteiger partial charge is 0.0620 e. The van der Waals surface area contributed by atoms with Crippen molar-refractivity contribution >= 4 is 23.2 Å². The minimum Gasteiger partial charge on any atom is -0.0620 e. The molecule has 0 heterocycles. The molecule has 134 valence electrons. The highest BCUT2D eigenvalue weighted by Crippen LogP contribution is 2.56. The number of hydrogen-bond acceptors (Lipinski definition) is 0. The van der Waals surface area contributed by atoms with Crippen molar-refractivity contribution in [3.8, 4) is 0 Å². The van der Waals surface area contributed by atoms with Crippen LogP contribution in [0.15, 0.2) is 91.0 Å². The van der Waals surface area contributed by atoms with Gasteiger partial charge in [0.1, 0.15) is 23.2 Å². The second-order valence-electron chi connectivity index (χ2n) is 8.20. The van der Waals surface area contributed by atoms with Gasteiger partial charge >= 0.3 is 0 Å². The molecule has 0 fully saturated rings. The molecule has 0 atom stereocenters. The van der Waals surface area contributed by atoms with Crippen molar-refractivity contribution < 1.29 is 0 Å². The summed E-state index contributed by atoms with van der Waals surface area (Å²) in [7, 11) is -1.64. The van der Waals surface area contributed by atoms with Gasteiger partial charge in [0.25, 0.3) is 0 Å². The Hall–Kier alpha value is -1.91. The Morgan fingerprint density at radius 3 is 1.23 bits per heavy atom. The molecule has 26 heavy (non-hydrogen) atoms. The van der Waals surface area contributed by atoms with E-state index in [1.165, 1.54) is 34.9 Å². The Balaban J connectivity index is 2.15. The lowest BCUT2D eigenvalue weighted by Gasteiger charge is -2.29. The van der Waals surface area contributed by atoms with Crippen LogP contribution in [0.2, 0.25) is 0 Å². The second kappa shape index (κ2) is 8.19. The minimum atomic E-state index is -1.64. The largest absolute Gasteiger partial charge is 0.112 e. The molecule has 0 saturated carbocycles. The van der Waals surface area contributed by atoms with Crippen LogP contribution in [-0.4, -0.2) is 6.16 Å². The van der Waals surface area contributed by atoms with Crippen LogP contribution in [0.25, 0.3) is 0 Å². The van der Waals surface area contributed by atoms with E-state index in [1.54, 1.807) is 0 Å². The van der Waals surface area contributed by atoms with Gasteiger partial charge in [0.15, 0.2) is 0 Å². The van der Waals surface area contributed by atoms with Gasteiger partial charge in [0.05, 0.1) is 6.16 Å². The zero-order valence-corrected chi connectivity index (χ0v) is 17.1. The molecule has 0 aliphatic heterocycles. The Morgan fingerprint density at radius 1 is 0.577 bits per heavy atom. The maximum absolute atomic E-state index is 2.35. The van der Waals surface area contributed by atoms with E-state index in [0.717, 1.165) is 0 Å². The average molecular weight is 361 g/mol. The molecule has 0 radical (unpaired) electrons. The molecule has 0 aliphatic rings. The number of benzene rings is 3. The maximum Gasteiger partial charge on any atom is 0.112 e. The molecule has 0 nitrogen and oxygen atoms in total. The van der Waals surface area contributed by atoms with Crippen LogP contribution in [-0.2, 0) is 0 Å².